The molecule has 1 aromatic rings. The van der Waals surface area contributed by atoms with Crippen LogP contribution < -0.4 is 0 Å². The standard InChI is InChI=1S/C10H10N4O/c11-14-13-6-2-1-3-10-5-4-9(8-15)7-12-10/h4-5,7,15H,2,6,8H2. The van der Waals surface area contributed by atoms with Crippen LogP contribution in [-0.2, 0) is 6.61 Å². The Labute approximate surface area is 87.4 Å². The Kier molecular flexibility index (Phi) is 4.74. The molecule has 0 fully saturated rings. The summed E-state index contributed by atoms with van der Waals surface area (Å²) in [6.45, 7) is 0.357. The van der Waals surface area contributed by atoms with E-state index in [1.807, 2.05) is 0 Å². The minimum atomic E-state index is -0.0163. The van der Waals surface area contributed by atoms with E-state index in [-0.39, 0.29) is 6.61 Å². The summed E-state index contributed by atoms with van der Waals surface area (Å²) in [7, 11) is 0. The first kappa shape index (κ1) is 11.1. The second-order valence-corrected chi connectivity index (χ2v) is 2.72. The first-order valence-electron chi connectivity index (χ1n) is 4.42. The number of aliphatic hydroxyl groups is 1. The predicted octanol–water partition coefficient (Wildman–Crippen LogP) is 1.63. The summed E-state index contributed by atoms with van der Waals surface area (Å²) < 4.78 is 0. The molecule has 0 aliphatic rings. The fourth-order valence-electron chi connectivity index (χ4n) is 0.896. The van der Waals surface area contributed by atoms with Crippen molar-refractivity contribution in [1.29, 1.82) is 0 Å². The third-order valence-electron chi connectivity index (χ3n) is 1.62. The zero-order valence-corrected chi connectivity index (χ0v) is 8.09. The molecule has 0 unspecified atom stereocenters. The van der Waals surface area contributed by atoms with Crippen molar-refractivity contribution in [2.75, 3.05) is 6.54 Å². The van der Waals surface area contributed by atoms with E-state index in [2.05, 4.69) is 26.9 Å². The molecule has 5 nitrogen and oxygen atoms in total. The minimum Gasteiger partial charge on any atom is -0.392 e. The lowest BCUT2D eigenvalue weighted by molar-refractivity contribution is 0.281. The largest absolute Gasteiger partial charge is 0.392 e. The smallest absolute Gasteiger partial charge is 0.113 e. The minimum absolute atomic E-state index is 0.0163. The van der Waals surface area contributed by atoms with E-state index in [1.54, 1.807) is 18.3 Å². The molecule has 0 saturated carbocycles. The van der Waals surface area contributed by atoms with Crippen molar-refractivity contribution in [2.24, 2.45) is 5.11 Å². The van der Waals surface area contributed by atoms with Crippen molar-refractivity contribution in [2.45, 2.75) is 13.0 Å². The van der Waals surface area contributed by atoms with Gasteiger partial charge in [-0.05, 0) is 23.1 Å². The normalized spacial score (nSPS) is 8.60. The van der Waals surface area contributed by atoms with Crippen molar-refractivity contribution >= 4 is 0 Å². The summed E-state index contributed by atoms with van der Waals surface area (Å²) >= 11 is 0. The topological polar surface area (TPSA) is 81.9 Å². The number of hydrogen-bond acceptors (Lipinski definition) is 3. The van der Waals surface area contributed by atoms with Gasteiger partial charge in [0.1, 0.15) is 5.69 Å². The van der Waals surface area contributed by atoms with Gasteiger partial charge in [0.05, 0.1) is 6.61 Å². The highest BCUT2D eigenvalue weighted by molar-refractivity contribution is 5.28. The Balaban J connectivity index is 2.52. The zero-order valence-electron chi connectivity index (χ0n) is 8.09. The van der Waals surface area contributed by atoms with E-state index < -0.39 is 0 Å². The Morgan fingerprint density at radius 1 is 1.53 bits per heavy atom. The molecule has 1 heterocycles. The van der Waals surface area contributed by atoms with E-state index in [0.717, 1.165) is 5.56 Å². The average Bonchev–Trinajstić information content (AvgIpc) is 2.30. The first-order chi connectivity index (χ1) is 7.36. The summed E-state index contributed by atoms with van der Waals surface area (Å²) in [6.07, 6.45) is 2.10. The predicted molar refractivity (Wildman–Crippen MR) is 55.7 cm³/mol. The van der Waals surface area contributed by atoms with E-state index in [0.29, 0.717) is 18.7 Å². The van der Waals surface area contributed by atoms with Crippen LogP contribution >= 0.6 is 0 Å². The number of pyridine rings is 1. The summed E-state index contributed by atoms with van der Waals surface area (Å²) in [5, 5.41) is 12.1. The van der Waals surface area contributed by atoms with Gasteiger partial charge in [-0.1, -0.05) is 17.1 Å². The summed E-state index contributed by atoms with van der Waals surface area (Å²) in [5.74, 6) is 5.66. The molecular formula is C10H10N4O. The molecule has 1 rings (SSSR count). The highest BCUT2D eigenvalue weighted by atomic mass is 16.3. The van der Waals surface area contributed by atoms with Gasteiger partial charge in [-0.2, -0.15) is 0 Å². The maximum atomic E-state index is 8.78. The molecule has 0 atom stereocenters. The quantitative estimate of drug-likeness (QED) is 0.265. The molecule has 0 aromatic carbocycles. The Bertz CT molecular complexity index is 409. The molecule has 0 bridgehead atoms. The second kappa shape index (κ2) is 6.44. The lowest BCUT2D eigenvalue weighted by atomic mass is 10.2. The van der Waals surface area contributed by atoms with Crippen LogP contribution in [0, 0.1) is 11.8 Å². The van der Waals surface area contributed by atoms with Crippen LogP contribution in [-0.4, -0.2) is 16.6 Å². The summed E-state index contributed by atoms with van der Waals surface area (Å²) in [6, 6.07) is 3.51. The zero-order chi connectivity index (χ0) is 10.9. The third kappa shape index (κ3) is 4.14. The molecule has 0 aliphatic carbocycles. The Morgan fingerprint density at radius 2 is 2.40 bits per heavy atom. The van der Waals surface area contributed by atoms with E-state index in [9.17, 15) is 0 Å². The van der Waals surface area contributed by atoms with Crippen LogP contribution in [0.15, 0.2) is 23.4 Å². The van der Waals surface area contributed by atoms with Gasteiger partial charge in [-0.15, -0.1) is 0 Å². The lowest BCUT2D eigenvalue weighted by Crippen LogP contribution is -1.87. The average molecular weight is 202 g/mol. The van der Waals surface area contributed by atoms with Gasteiger partial charge in [-0.3, -0.25) is 0 Å². The molecule has 0 saturated heterocycles. The fourth-order valence-corrected chi connectivity index (χ4v) is 0.896. The van der Waals surface area contributed by atoms with Crippen molar-refractivity contribution in [1.82, 2.24) is 4.98 Å². The van der Waals surface area contributed by atoms with Crippen LogP contribution in [0.3, 0.4) is 0 Å². The Morgan fingerprint density at radius 3 is 3.00 bits per heavy atom. The monoisotopic (exact) mass is 202 g/mol. The van der Waals surface area contributed by atoms with Crippen LogP contribution in [0.5, 0.6) is 0 Å². The fraction of sp³-hybridized carbons (Fsp3) is 0.300. The second-order valence-electron chi connectivity index (χ2n) is 2.72. The molecule has 0 radical (unpaired) electrons. The summed E-state index contributed by atoms with van der Waals surface area (Å²) in [4.78, 5) is 6.65. The van der Waals surface area contributed by atoms with Crippen LogP contribution in [0.25, 0.3) is 10.4 Å². The van der Waals surface area contributed by atoms with Crippen LogP contribution in [0.4, 0.5) is 0 Å². The van der Waals surface area contributed by atoms with Gasteiger partial charge in [0, 0.05) is 24.1 Å². The number of nitrogens with zero attached hydrogens (tertiary/aromatic N) is 4. The van der Waals surface area contributed by atoms with Gasteiger partial charge < -0.3 is 5.11 Å². The lowest BCUT2D eigenvalue weighted by Gasteiger charge is -1.93. The Hall–Kier alpha value is -2.02. The SMILES string of the molecule is [N-]=[N+]=NCCC#Cc1ccc(CO)cn1. The van der Waals surface area contributed by atoms with Gasteiger partial charge >= 0.3 is 0 Å². The van der Waals surface area contributed by atoms with E-state index >= 15 is 0 Å². The highest BCUT2D eigenvalue weighted by Gasteiger charge is 1.90. The van der Waals surface area contributed by atoms with Crippen molar-refractivity contribution < 1.29 is 5.11 Å². The molecule has 15 heavy (non-hydrogen) atoms. The van der Waals surface area contributed by atoms with Crippen LogP contribution in [0.2, 0.25) is 0 Å². The molecule has 0 aliphatic heterocycles. The molecular weight excluding hydrogens is 192 g/mol. The maximum Gasteiger partial charge on any atom is 0.113 e. The number of aromatic nitrogens is 1. The highest BCUT2D eigenvalue weighted by Crippen LogP contribution is 1.98. The molecule has 5 heteroatoms. The van der Waals surface area contributed by atoms with Crippen molar-refractivity contribution in [3.8, 4) is 11.8 Å². The number of azide groups is 1. The number of hydrogen-bond donors (Lipinski definition) is 1. The molecule has 0 amide bonds. The van der Waals surface area contributed by atoms with Crippen molar-refractivity contribution in [3.05, 3.63) is 40.0 Å². The molecule has 1 aromatic heterocycles. The van der Waals surface area contributed by atoms with Crippen LogP contribution in [0.1, 0.15) is 17.7 Å². The van der Waals surface area contributed by atoms with Gasteiger partial charge in [0.2, 0.25) is 0 Å². The van der Waals surface area contributed by atoms with Crippen molar-refractivity contribution in [3.63, 3.8) is 0 Å². The molecule has 0 spiro atoms. The first-order valence-corrected chi connectivity index (χ1v) is 4.42. The summed E-state index contributed by atoms with van der Waals surface area (Å²) in [5.41, 5.74) is 9.42. The van der Waals surface area contributed by atoms with E-state index in [4.69, 9.17) is 10.6 Å². The van der Waals surface area contributed by atoms with Gasteiger partial charge in [0.15, 0.2) is 0 Å². The number of aliphatic hydroxyl groups excluding tert-OH is 1. The van der Waals surface area contributed by atoms with Gasteiger partial charge in [0.25, 0.3) is 0 Å². The maximum absolute atomic E-state index is 8.78. The molecule has 76 valence electrons. The third-order valence-corrected chi connectivity index (χ3v) is 1.62. The molecule has 1 N–H and O–H groups in total. The van der Waals surface area contributed by atoms with Gasteiger partial charge in [-0.25, -0.2) is 4.98 Å². The number of rotatable bonds is 3. The van der Waals surface area contributed by atoms with E-state index in [1.165, 1.54) is 0 Å².